The Morgan fingerprint density at radius 1 is 1.36 bits per heavy atom. The maximum absolute atomic E-state index is 11.9. The van der Waals surface area contributed by atoms with E-state index in [2.05, 4.69) is 47.4 Å². The molecule has 0 aliphatic rings. The average Bonchev–Trinajstić information content (AvgIpc) is 2.52. The Hall–Kier alpha value is -1.73. The quantitative estimate of drug-likeness (QED) is 0.578. The molecule has 114 valence electrons. The lowest BCUT2D eigenvalue weighted by Gasteiger charge is -2.02. The number of pyridine rings is 1. The molecule has 0 saturated carbocycles. The molecule has 0 unspecified atom stereocenters. The number of nitrogens with one attached hydrogen (secondary N) is 1. The van der Waals surface area contributed by atoms with Crippen LogP contribution in [0.15, 0.2) is 44.5 Å². The molecule has 0 atom stereocenters. The molecule has 0 radical (unpaired) electrons. The maximum atomic E-state index is 11.9. The van der Waals surface area contributed by atoms with Crippen molar-refractivity contribution in [3.63, 3.8) is 0 Å². The number of aromatic nitrogens is 1. The summed E-state index contributed by atoms with van der Waals surface area (Å²) in [7, 11) is 0. The summed E-state index contributed by atoms with van der Waals surface area (Å²) < 4.78 is 1.07. The Morgan fingerprint density at radius 3 is 2.59 bits per heavy atom. The predicted molar refractivity (Wildman–Crippen MR) is 92.2 cm³/mol. The second-order valence-electron chi connectivity index (χ2n) is 4.44. The normalized spacial score (nSPS) is 10.9. The van der Waals surface area contributed by atoms with Crippen LogP contribution >= 0.6 is 31.9 Å². The van der Waals surface area contributed by atoms with E-state index in [0.29, 0.717) is 20.2 Å². The molecule has 0 saturated heterocycles. The molecule has 0 fully saturated rings. The fourth-order valence-electron chi connectivity index (χ4n) is 1.65. The van der Waals surface area contributed by atoms with Gasteiger partial charge in [-0.2, -0.15) is 5.10 Å². The van der Waals surface area contributed by atoms with Gasteiger partial charge in [0.15, 0.2) is 0 Å². The number of hydrazone groups is 1. The predicted octanol–water partition coefficient (Wildman–Crippen LogP) is 3.64. The number of carbonyl (C=O) groups excluding carboxylic acids is 1. The summed E-state index contributed by atoms with van der Waals surface area (Å²) >= 11 is 6.46. The van der Waals surface area contributed by atoms with Crippen LogP contribution in [0.4, 0.5) is 0 Å². The van der Waals surface area contributed by atoms with Crippen LogP contribution in [0.3, 0.4) is 0 Å². The summed E-state index contributed by atoms with van der Waals surface area (Å²) in [5.74, 6) is -0.266. The molecule has 1 heterocycles. The number of phenolic OH excluding ortho intramolecular Hbond substituents is 1. The van der Waals surface area contributed by atoms with Crippen molar-refractivity contribution in [1.82, 2.24) is 10.4 Å². The van der Waals surface area contributed by atoms with Gasteiger partial charge in [-0.1, -0.05) is 13.0 Å². The molecular formula is C15H13Br2N3O2. The van der Waals surface area contributed by atoms with Gasteiger partial charge in [0.05, 0.1) is 15.2 Å². The van der Waals surface area contributed by atoms with E-state index >= 15 is 0 Å². The molecule has 7 heteroatoms. The molecule has 2 N–H and O–H groups in total. The minimum Gasteiger partial charge on any atom is -0.506 e. The number of amides is 1. The van der Waals surface area contributed by atoms with Crippen LogP contribution in [0.25, 0.3) is 0 Å². The van der Waals surface area contributed by atoms with Crippen LogP contribution in [-0.4, -0.2) is 22.2 Å². The van der Waals surface area contributed by atoms with Crippen LogP contribution in [0.5, 0.6) is 5.75 Å². The van der Waals surface area contributed by atoms with E-state index < -0.39 is 0 Å². The fourth-order valence-corrected chi connectivity index (χ4v) is 2.87. The Kier molecular flexibility index (Phi) is 5.68. The van der Waals surface area contributed by atoms with E-state index in [1.807, 2.05) is 13.0 Å². The third kappa shape index (κ3) is 4.14. The summed E-state index contributed by atoms with van der Waals surface area (Å²) in [5, 5.41) is 13.5. The van der Waals surface area contributed by atoms with Gasteiger partial charge in [-0.25, -0.2) is 5.43 Å². The summed E-state index contributed by atoms with van der Waals surface area (Å²) in [6.45, 7) is 2.02. The minimum absolute atomic E-state index is 0.112. The minimum atomic E-state index is -0.379. The van der Waals surface area contributed by atoms with Crippen LogP contribution < -0.4 is 5.43 Å². The first-order valence-corrected chi connectivity index (χ1v) is 8.06. The van der Waals surface area contributed by atoms with Gasteiger partial charge < -0.3 is 5.11 Å². The second-order valence-corrected chi connectivity index (χ2v) is 6.15. The highest BCUT2D eigenvalue weighted by molar-refractivity contribution is 9.11. The van der Waals surface area contributed by atoms with Crippen molar-refractivity contribution < 1.29 is 9.90 Å². The molecule has 0 spiro atoms. The van der Waals surface area contributed by atoms with E-state index in [1.165, 1.54) is 6.21 Å². The Labute approximate surface area is 144 Å². The molecule has 2 aromatic rings. The zero-order valence-corrected chi connectivity index (χ0v) is 14.8. The van der Waals surface area contributed by atoms with Crippen molar-refractivity contribution >= 4 is 44.0 Å². The van der Waals surface area contributed by atoms with Gasteiger partial charge in [-0.15, -0.1) is 0 Å². The highest BCUT2D eigenvalue weighted by atomic mass is 79.9. The van der Waals surface area contributed by atoms with Gasteiger partial charge in [-0.3, -0.25) is 9.78 Å². The van der Waals surface area contributed by atoms with Crippen molar-refractivity contribution in [2.75, 3.05) is 0 Å². The van der Waals surface area contributed by atoms with Crippen molar-refractivity contribution in [1.29, 1.82) is 0 Å². The lowest BCUT2D eigenvalue weighted by molar-refractivity contribution is 0.0950. The number of aryl methyl sites for hydroxylation is 1. The molecule has 5 nitrogen and oxygen atoms in total. The Morgan fingerprint density at radius 2 is 2.05 bits per heavy atom. The first kappa shape index (κ1) is 16.6. The summed E-state index contributed by atoms with van der Waals surface area (Å²) in [6, 6.07) is 6.89. The SMILES string of the molecule is CCc1ccc(C(=O)N/N=C/c2cc(Br)c(O)c(Br)c2)nc1. The topological polar surface area (TPSA) is 74.6 Å². The number of hydrogen-bond acceptors (Lipinski definition) is 4. The summed E-state index contributed by atoms with van der Waals surface area (Å²) in [4.78, 5) is 16.0. The van der Waals surface area contributed by atoms with E-state index in [4.69, 9.17) is 0 Å². The Balaban J connectivity index is 2.03. The van der Waals surface area contributed by atoms with Gasteiger partial charge in [0.2, 0.25) is 0 Å². The third-order valence-corrected chi connectivity index (χ3v) is 4.09. The molecule has 1 aromatic heterocycles. The second kappa shape index (κ2) is 7.51. The van der Waals surface area contributed by atoms with Gasteiger partial charge in [-0.05, 0) is 67.6 Å². The van der Waals surface area contributed by atoms with Crippen molar-refractivity contribution in [3.05, 3.63) is 56.2 Å². The number of halogens is 2. The number of phenols is 1. The van der Waals surface area contributed by atoms with Crippen LogP contribution in [-0.2, 0) is 6.42 Å². The molecule has 0 aliphatic heterocycles. The molecule has 22 heavy (non-hydrogen) atoms. The number of benzene rings is 1. The third-order valence-electron chi connectivity index (χ3n) is 2.88. The smallest absolute Gasteiger partial charge is 0.289 e. The highest BCUT2D eigenvalue weighted by Gasteiger charge is 2.06. The molecule has 0 aliphatic carbocycles. The van der Waals surface area contributed by atoms with E-state index in [9.17, 15) is 9.90 Å². The number of carbonyl (C=O) groups is 1. The maximum Gasteiger partial charge on any atom is 0.289 e. The van der Waals surface area contributed by atoms with E-state index in [-0.39, 0.29) is 11.7 Å². The zero-order valence-electron chi connectivity index (χ0n) is 11.7. The average molecular weight is 427 g/mol. The van der Waals surface area contributed by atoms with Gasteiger partial charge >= 0.3 is 0 Å². The standard InChI is InChI=1S/C15H13Br2N3O2/c1-2-9-3-4-13(18-7-9)15(22)20-19-8-10-5-11(16)14(21)12(17)6-10/h3-8,21H,2H2,1H3,(H,20,22)/b19-8+. The number of rotatable bonds is 4. The number of hydrogen-bond donors (Lipinski definition) is 2. The van der Waals surface area contributed by atoms with Crippen molar-refractivity contribution in [3.8, 4) is 5.75 Å². The Bertz CT molecular complexity index is 692. The lowest BCUT2D eigenvalue weighted by atomic mass is 10.2. The van der Waals surface area contributed by atoms with Gasteiger partial charge in [0.25, 0.3) is 5.91 Å². The first-order valence-electron chi connectivity index (χ1n) is 6.47. The highest BCUT2D eigenvalue weighted by Crippen LogP contribution is 2.32. The first-order chi connectivity index (χ1) is 10.5. The summed E-state index contributed by atoms with van der Waals surface area (Å²) in [5.41, 5.74) is 4.50. The lowest BCUT2D eigenvalue weighted by Crippen LogP contribution is -2.18. The van der Waals surface area contributed by atoms with Gasteiger partial charge in [0.1, 0.15) is 11.4 Å². The van der Waals surface area contributed by atoms with E-state index in [0.717, 1.165) is 12.0 Å². The van der Waals surface area contributed by atoms with Crippen molar-refractivity contribution in [2.24, 2.45) is 5.10 Å². The van der Waals surface area contributed by atoms with Gasteiger partial charge in [0, 0.05) is 6.20 Å². The fraction of sp³-hybridized carbons (Fsp3) is 0.133. The van der Waals surface area contributed by atoms with Crippen molar-refractivity contribution in [2.45, 2.75) is 13.3 Å². The molecular weight excluding hydrogens is 414 g/mol. The molecule has 1 aromatic carbocycles. The number of aromatic hydroxyl groups is 1. The molecule has 1 amide bonds. The molecule has 0 bridgehead atoms. The van der Waals surface area contributed by atoms with Crippen LogP contribution in [0.1, 0.15) is 28.5 Å². The summed E-state index contributed by atoms with van der Waals surface area (Å²) in [6.07, 6.45) is 4.03. The molecule has 2 rings (SSSR count). The van der Waals surface area contributed by atoms with E-state index in [1.54, 1.807) is 24.4 Å². The largest absolute Gasteiger partial charge is 0.506 e. The zero-order chi connectivity index (χ0) is 16.1. The van der Waals surface area contributed by atoms with Crippen LogP contribution in [0.2, 0.25) is 0 Å². The monoisotopic (exact) mass is 425 g/mol. The number of nitrogens with zero attached hydrogens (tertiary/aromatic N) is 2. The van der Waals surface area contributed by atoms with Crippen LogP contribution in [0, 0.1) is 0 Å².